The Labute approximate surface area is 174 Å². The number of hydrogen-bond acceptors (Lipinski definition) is 6. The SMILES string of the molecule is O=C(COC(=O)CCN1C(=O)c2ccccc2C1=O)Nc1ccccc1SC(F)F. The summed E-state index contributed by atoms with van der Waals surface area (Å²) in [4.78, 5) is 49.5. The highest BCUT2D eigenvalue weighted by atomic mass is 32.2. The van der Waals surface area contributed by atoms with Crippen LogP contribution < -0.4 is 5.32 Å². The van der Waals surface area contributed by atoms with Crippen LogP contribution in [0.25, 0.3) is 0 Å². The molecule has 1 aliphatic heterocycles. The zero-order valence-electron chi connectivity index (χ0n) is 15.5. The quantitative estimate of drug-likeness (QED) is 0.390. The summed E-state index contributed by atoms with van der Waals surface area (Å²) < 4.78 is 30.0. The van der Waals surface area contributed by atoms with Crippen molar-refractivity contribution in [3.8, 4) is 0 Å². The van der Waals surface area contributed by atoms with Crippen LogP contribution in [0.1, 0.15) is 27.1 Å². The van der Waals surface area contributed by atoms with Crippen LogP contribution in [-0.4, -0.2) is 47.5 Å². The molecule has 1 heterocycles. The van der Waals surface area contributed by atoms with Crippen LogP contribution in [0.2, 0.25) is 0 Å². The Kier molecular flexibility index (Phi) is 6.78. The van der Waals surface area contributed by atoms with Gasteiger partial charge in [0.25, 0.3) is 23.5 Å². The lowest BCUT2D eigenvalue weighted by molar-refractivity contribution is -0.147. The molecule has 1 aliphatic rings. The maximum Gasteiger partial charge on any atom is 0.308 e. The van der Waals surface area contributed by atoms with E-state index < -0.39 is 36.1 Å². The van der Waals surface area contributed by atoms with Crippen molar-refractivity contribution >= 4 is 41.1 Å². The fourth-order valence-corrected chi connectivity index (χ4v) is 3.41. The molecule has 0 bridgehead atoms. The van der Waals surface area contributed by atoms with Gasteiger partial charge in [0.05, 0.1) is 23.2 Å². The highest BCUT2D eigenvalue weighted by Gasteiger charge is 2.35. The average molecular weight is 434 g/mol. The standard InChI is InChI=1S/C20H16F2N2O5S/c21-20(22)30-15-8-4-3-7-14(15)23-16(25)11-29-17(26)9-10-24-18(27)12-5-1-2-6-13(12)19(24)28/h1-8,20H,9-11H2,(H,23,25). The van der Waals surface area contributed by atoms with Gasteiger partial charge in [-0.15, -0.1) is 0 Å². The highest BCUT2D eigenvalue weighted by Crippen LogP contribution is 2.31. The second-order valence-corrected chi connectivity index (χ2v) is 7.17. The van der Waals surface area contributed by atoms with Crippen molar-refractivity contribution in [1.29, 1.82) is 0 Å². The van der Waals surface area contributed by atoms with E-state index in [0.717, 1.165) is 4.90 Å². The minimum Gasteiger partial charge on any atom is -0.456 e. The molecule has 0 fully saturated rings. The number of carbonyl (C=O) groups excluding carboxylic acids is 4. The van der Waals surface area contributed by atoms with Crippen molar-refractivity contribution in [1.82, 2.24) is 4.90 Å². The topological polar surface area (TPSA) is 92.8 Å². The Hall–Kier alpha value is -3.27. The molecule has 2 aromatic rings. The number of alkyl halides is 2. The fraction of sp³-hybridized carbons (Fsp3) is 0.200. The summed E-state index contributed by atoms with van der Waals surface area (Å²) in [5.41, 5.74) is 0.723. The van der Waals surface area contributed by atoms with Gasteiger partial charge in [0.1, 0.15) is 0 Å². The number of nitrogens with one attached hydrogen (secondary N) is 1. The van der Waals surface area contributed by atoms with Gasteiger partial charge in [0.15, 0.2) is 6.61 Å². The Bertz CT molecular complexity index is 964. The number of esters is 1. The minimum absolute atomic E-state index is 0.176. The van der Waals surface area contributed by atoms with Gasteiger partial charge in [-0.1, -0.05) is 36.0 Å². The van der Waals surface area contributed by atoms with Crippen LogP contribution in [0.5, 0.6) is 0 Å². The van der Waals surface area contributed by atoms with E-state index in [1.165, 1.54) is 24.3 Å². The lowest BCUT2D eigenvalue weighted by Crippen LogP contribution is -2.32. The maximum atomic E-state index is 12.6. The van der Waals surface area contributed by atoms with E-state index in [2.05, 4.69) is 5.32 Å². The molecule has 0 saturated carbocycles. The predicted molar refractivity (Wildman–Crippen MR) is 104 cm³/mol. The maximum absolute atomic E-state index is 12.6. The van der Waals surface area contributed by atoms with Crippen molar-refractivity contribution in [2.45, 2.75) is 17.1 Å². The summed E-state index contributed by atoms with van der Waals surface area (Å²) in [5, 5.41) is 2.41. The van der Waals surface area contributed by atoms with Crippen LogP contribution in [-0.2, 0) is 14.3 Å². The van der Waals surface area contributed by atoms with Gasteiger partial charge in [-0.3, -0.25) is 24.1 Å². The molecule has 3 rings (SSSR count). The van der Waals surface area contributed by atoms with E-state index in [4.69, 9.17) is 4.74 Å². The van der Waals surface area contributed by atoms with Gasteiger partial charge in [-0.2, -0.15) is 8.78 Å². The van der Waals surface area contributed by atoms with Crippen LogP contribution >= 0.6 is 11.8 Å². The van der Waals surface area contributed by atoms with Crippen LogP contribution in [0.4, 0.5) is 14.5 Å². The van der Waals surface area contributed by atoms with Crippen molar-refractivity contribution in [2.24, 2.45) is 0 Å². The largest absolute Gasteiger partial charge is 0.456 e. The highest BCUT2D eigenvalue weighted by molar-refractivity contribution is 7.99. The number of para-hydroxylation sites is 1. The molecule has 0 saturated heterocycles. The number of rotatable bonds is 8. The van der Waals surface area contributed by atoms with E-state index in [1.54, 1.807) is 24.3 Å². The molecule has 3 amide bonds. The summed E-state index contributed by atoms with van der Waals surface area (Å²) in [6, 6.07) is 12.3. The molecule has 0 spiro atoms. The number of thioether (sulfide) groups is 1. The summed E-state index contributed by atoms with van der Waals surface area (Å²) in [6.45, 7) is -0.810. The Morgan fingerprint density at radius 3 is 2.23 bits per heavy atom. The van der Waals surface area contributed by atoms with Crippen LogP contribution in [0.3, 0.4) is 0 Å². The first-order chi connectivity index (χ1) is 14.4. The van der Waals surface area contributed by atoms with E-state index in [-0.39, 0.29) is 46.4 Å². The normalized spacial score (nSPS) is 12.8. The molecule has 10 heteroatoms. The molecule has 7 nitrogen and oxygen atoms in total. The number of imide groups is 1. The zero-order chi connectivity index (χ0) is 21.7. The van der Waals surface area contributed by atoms with Gasteiger partial charge in [0, 0.05) is 11.4 Å². The first-order valence-electron chi connectivity index (χ1n) is 8.81. The third-order valence-electron chi connectivity index (χ3n) is 4.16. The fourth-order valence-electron chi connectivity index (χ4n) is 2.82. The molecule has 0 aliphatic carbocycles. The molecular weight excluding hydrogens is 418 g/mol. The number of amides is 3. The first kappa shape index (κ1) is 21.4. The number of halogens is 2. The number of fused-ring (bicyclic) bond motifs is 1. The van der Waals surface area contributed by atoms with Crippen molar-refractivity contribution < 1.29 is 32.7 Å². The summed E-state index contributed by atoms with van der Waals surface area (Å²) in [5.74, 6) is -5.12. The van der Waals surface area contributed by atoms with E-state index in [1.807, 2.05) is 0 Å². The summed E-state index contributed by atoms with van der Waals surface area (Å²) in [6.07, 6.45) is -0.281. The van der Waals surface area contributed by atoms with Gasteiger partial charge < -0.3 is 10.1 Å². The monoisotopic (exact) mass is 434 g/mol. The zero-order valence-corrected chi connectivity index (χ0v) is 16.3. The third kappa shape index (κ3) is 5.01. The molecule has 0 atom stereocenters. The molecule has 0 radical (unpaired) electrons. The molecule has 2 aromatic carbocycles. The Balaban J connectivity index is 1.47. The smallest absolute Gasteiger partial charge is 0.308 e. The van der Waals surface area contributed by atoms with Gasteiger partial charge in [-0.25, -0.2) is 0 Å². The van der Waals surface area contributed by atoms with Gasteiger partial charge in [-0.05, 0) is 24.3 Å². The number of benzene rings is 2. The van der Waals surface area contributed by atoms with E-state index in [0.29, 0.717) is 0 Å². The van der Waals surface area contributed by atoms with Gasteiger partial charge in [0.2, 0.25) is 0 Å². The summed E-state index contributed by atoms with van der Waals surface area (Å²) >= 11 is 0.284. The second-order valence-electron chi connectivity index (χ2n) is 6.14. The Morgan fingerprint density at radius 1 is 1.00 bits per heavy atom. The van der Waals surface area contributed by atoms with E-state index in [9.17, 15) is 28.0 Å². The third-order valence-corrected chi connectivity index (χ3v) is 4.95. The average Bonchev–Trinajstić information content (AvgIpc) is 2.96. The Morgan fingerprint density at radius 2 is 1.60 bits per heavy atom. The molecule has 1 N–H and O–H groups in total. The second kappa shape index (κ2) is 9.49. The molecule has 0 unspecified atom stereocenters. The number of hydrogen-bond donors (Lipinski definition) is 1. The molecule has 156 valence electrons. The first-order valence-corrected chi connectivity index (χ1v) is 9.69. The van der Waals surface area contributed by atoms with Crippen molar-refractivity contribution in [2.75, 3.05) is 18.5 Å². The minimum atomic E-state index is -2.65. The number of anilines is 1. The summed E-state index contributed by atoms with van der Waals surface area (Å²) in [7, 11) is 0. The van der Waals surface area contributed by atoms with Crippen LogP contribution in [0.15, 0.2) is 53.4 Å². The van der Waals surface area contributed by atoms with Gasteiger partial charge >= 0.3 is 5.97 Å². The lowest BCUT2D eigenvalue weighted by atomic mass is 10.1. The lowest BCUT2D eigenvalue weighted by Gasteiger charge is -2.13. The molecule has 0 aromatic heterocycles. The number of carbonyl (C=O) groups is 4. The predicted octanol–water partition coefficient (Wildman–Crippen LogP) is 3.17. The molecule has 30 heavy (non-hydrogen) atoms. The van der Waals surface area contributed by atoms with Crippen LogP contribution in [0, 0.1) is 0 Å². The van der Waals surface area contributed by atoms with Crippen molar-refractivity contribution in [3.05, 3.63) is 59.7 Å². The molecular formula is C20H16F2N2O5S. The number of ether oxygens (including phenoxy) is 1. The number of nitrogens with zero attached hydrogens (tertiary/aromatic N) is 1. The van der Waals surface area contributed by atoms with E-state index >= 15 is 0 Å². The van der Waals surface area contributed by atoms with Crippen molar-refractivity contribution in [3.63, 3.8) is 0 Å².